The van der Waals surface area contributed by atoms with Crippen LogP contribution in [0.25, 0.3) is 11.1 Å². The number of fused-ring (bicyclic) bond motifs is 3. The summed E-state index contributed by atoms with van der Waals surface area (Å²) in [7, 11) is 1.38. The van der Waals surface area contributed by atoms with Crippen molar-refractivity contribution in [3.05, 3.63) is 53.6 Å². The third kappa shape index (κ3) is 3.76. The average Bonchev–Trinajstić information content (AvgIpc) is 2.74. The maximum Gasteiger partial charge on any atom is 0.337 e. The smallest absolute Gasteiger partial charge is 0.337 e. The lowest BCUT2D eigenvalue weighted by Gasteiger charge is -2.34. The van der Waals surface area contributed by atoms with Gasteiger partial charge in [-0.3, -0.25) is 10.4 Å². The summed E-state index contributed by atoms with van der Waals surface area (Å²) in [6.07, 6.45) is 0.986. The number of ether oxygens (including phenoxy) is 1. The molecule has 0 unspecified atom stereocenters. The predicted octanol–water partition coefficient (Wildman–Crippen LogP) is 4.66. The van der Waals surface area contributed by atoms with Gasteiger partial charge in [0, 0.05) is 23.5 Å². The fourth-order valence-electron chi connectivity index (χ4n) is 3.11. The number of rotatable bonds is 2. The van der Waals surface area contributed by atoms with Crippen molar-refractivity contribution in [2.24, 2.45) is 4.99 Å². The van der Waals surface area contributed by atoms with Crippen LogP contribution in [0.15, 0.2) is 52.4 Å². The molecule has 2 aliphatic heterocycles. The minimum Gasteiger partial charge on any atom is -0.465 e. The van der Waals surface area contributed by atoms with Crippen LogP contribution in [-0.2, 0) is 4.74 Å². The number of nitrogens with one attached hydrogen (secondary N) is 1. The molecule has 0 aromatic heterocycles. The SMILES string of the molecule is CC.COC(=O)c1cccc(-c2ccc3c(c2)SC(=N)N2CCCN=C32)c1. The Morgan fingerprint density at radius 3 is 2.74 bits per heavy atom. The number of benzene rings is 2. The van der Waals surface area contributed by atoms with Gasteiger partial charge in [0.1, 0.15) is 5.84 Å². The van der Waals surface area contributed by atoms with Crippen LogP contribution in [0.3, 0.4) is 0 Å². The molecule has 0 bridgehead atoms. The second-order valence-electron chi connectivity index (χ2n) is 5.90. The number of esters is 1. The van der Waals surface area contributed by atoms with Gasteiger partial charge in [0.2, 0.25) is 0 Å². The van der Waals surface area contributed by atoms with Gasteiger partial charge in [0.25, 0.3) is 0 Å². The lowest BCUT2D eigenvalue weighted by atomic mass is 10.0. The zero-order chi connectivity index (χ0) is 19.4. The minimum atomic E-state index is -0.344. The molecule has 6 heteroatoms. The molecule has 27 heavy (non-hydrogen) atoms. The van der Waals surface area contributed by atoms with E-state index in [2.05, 4.69) is 17.1 Å². The van der Waals surface area contributed by atoms with E-state index in [1.54, 1.807) is 6.07 Å². The molecule has 2 aromatic carbocycles. The molecule has 1 N–H and O–H groups in total. The van der Waals surface area contributed by atoms with Crippen LogP contribution in [0, 0.1) is 5.41 Å². The number of hydrogen-bond donors (Lipinski definition) is 1. The molecule has 140 valence electrons. The second-order valence-corrected chi connectivity index (χ2v) is 6.93. The van der Waals surface area contributed by atoms with Crippen LogP contribution in [0.4, 0.5) is 0 Å². The van der Waals surface area contributed by atoms with E-state index in [0.717, 1.165) is 46.9 Å². The van der Waals surface area contributed by atoms with Crippen molar-refractivity contribution >= 4 is 28.7 Å². The maximum atomic E-state index is 11.8. The van der Waals surface area contributed by atoms with E-state index in [4.69, 9.17) is 10.1 Å². The first-order valence-corrected chi connectivity index (χ1v) is 9.90. The highest BCUT2D eigenvalue weighted by molar-refractivity contribution is 8.14. The van der Waals surface area contributed by atoms with Gasteiger partial charge in [-0.05, 0) is 41.8 Å². The van der Waals surface area contributed by atoms with Crippen molar-refractivity contribution in [2.75, 3.05) is 20.2 Å². The first-order valence-electron chi connectivity index (χ1n) is 9.09. The zero-order valence-electron chi connectivity index (χ0n) is 15.8. The van der Waals surface area contributed by atoms with Crippen molar-refractivity contribution in [3.63, 3.8) is 0 Å². The topological polar surface area (TPSA) is 65.8 Å². The fourth-order valence-corrected chi connectivity index (χ4v) is 4.06. The Morgan fingerprint density at radius 1 is 1.19 bits per heavy atom. The zero-order valence-corrected chi connectivity index (χ0v) is 16.6. The van der Waals surface area contributed by atoms with Crippen molar-refractivity contribution in [3.8, 4) is 11.1 Å². The van der Waals surface area contributed by atoms with Gasteiger partial charge in [0.05, 0.1) is 12.7 Å². The number of amidine groups is 2. The molecule has 2 aliphatic rings. The molecule has 0 radical (unpaired) electrons. The Balaban J connectivity index is 0.00000102. The Kier molecular flexibility index (Phi) is 5.96. The average molecular weight is 382 g/mol. The summed E-state index contributed by atoms with van der Waals surface area (Å²) in [5.41, 5.74) is 3.56. The van der Waals surface area contributed by atoms with Gasteiger partial charge in [-0.2, -0.15) is 0 Å². The van der Waals surface area contributed by atoms with E-state index in [9.17, 15) is 4.79 Å². The normalized spacial score (nSPS) is 15.0. The molecule has 2 heterocycles. The number of aliphatic imine (C=N–C) groups is 1. The van der Waals surface area contributed by atoms with Gasteiger partial charge in [-0.1, -0.05) is 43.8 Å². The minimum absolute atomic E-state index is 0.344. The summed E-state index contributed by atoms with van der Waals surface area (Å²) in [5.74, 6) is 0.558. The van der Waals surface area contributed by atoms with E-state index in [1.807, 2.05) is 43.0 Å². The first-order chi connectivity index (χ1) is 13.2. The number of thioether (sulfide) groups is 1. The van der Waals surface area contributed by atoms with Crippen molar-refractivity contribution < 1.29 is 9.53 Å². The third-order valence-electron chi connectivity index (χ3n) is 4.35. The van der Waals surface area contributed by atoms with Crippen LogP contribution in [0.5, 0.6) is 0 Å². The van der Waals surface area contributed by atoms with Gasteiger partial charge < -0.3 is 9.64 Å². The van der Waals surface area contributed by atoms with Crippen molar-refractivity contribution in [1.29, 1.82) is 5.41 Å². The highest BCUT2D eigenvalue weighted by Crippen LogP contribution is 2.36. The highest BCUT2D eigenvalue weighted by atomic mass is 32.2. The lowest BCUT2D eigenvalue weighted by molar-refractivity contribution is 0.0601. The third-order valence-corrected chi connectivity index (χ3v) is 5.32. The summed E-state index contributed by atoms with van der Waals surface area (Å²) < 4.78 is 4.80. The number of nitrogens with zero attached hydrogens (tertiary/aromatic N) is 2. The summed E-state index contributed by atoms with van der Waals surface area (Å²) >= 11 is 1.46. The molecule has 0 saturated heterocycles. The largest absolute Gasteiger partial charge is 0.465 e. The first kappa shape index (κ1) is 19.2. The van der Waals surface area contributed by atoms with Crippen LogP contribution >= 0.6 is 11.8 Å². The number of methoxy groups -OCH3 is 1. The molecular weight excluding hydrogens is 358 g/mol. The van der Waals surface area contributed by atoms with E-state index in [0.29, 0.717) is 10.7 Å². The number of carbonyl (C=O) groups is 1. The summed E-state index contributed by atoms with van der Waals surface area (Å²) in [4.78, 5) is 19.4. The van der Waals surface area contributed by atoms with E-state index < -0.39 is 0 Å². The van der Waals surface area contributed by atoms with Gasteiger partial charge in [0.15, 0.2) is 5.17 Å². The molecule has 4 rings (SSSR count). The maximum absolute atomic E-state index is 11.8. The molecule has 0 saturated carbocycles. The molecule has 0 atom stereocenters. The van der Waals surface area contributed by atoms with E-state index in [-0.39, 0.29) is 5.97 Å². The Hall–Kier alpha value is -2.60. The van der Waals surface area contributed by atoms with Crippen LogP contribution in [-0.4, -0.2) is 42.1 Å². The van der Waals surface area contributed by atoms with E-state index in [1.165, 1.54) is 18.9 Å². The van der Waals surface area contributed by atoms with Crippen LogP contribution < -0.4 is 0 Å². The summed E-state index contributed by atoms with van der Waals surface area (Å²) in [5, 5.41) is 8.80. The van der Waals surface area contributed by atoms with Gasteiger partial charge >= 0.3 is 5.97 Å². The standard InChI is InChI=1S/C19H17N3O2S.C2H6/c1-24-18(23)14-5-2-4-12(10-14)13-6-7-15-16(11-13)25-19(20)22-9-3-8-21-17(15)22;1-2/h2,4-7,10-11,20H,3,8-9H2,1H3;1-2H3. The number of hydrogen-bond acceptors (Lipinski definition) is 5. The second kappa shape index (κ2) is 8.39. The fraction of sp³-hybridized carbons (Fsp3) is 0.286. The molecular formula is C21H23N3O2S. The molecule has 0 aliphatic carbocycles. The van der Waals surface area contributed by atoms with E-state index >= 15 is 0 Å². The quantitative estimate of drug-likeness (QED) is 0.769. The van der Waals surface area contributed by atoms with Crippen molar-refractivity contribution in [1.82, 2.24) is 4.90 Å². The van der Waals surface area contributed by atoms with Crippen molar-refractivity contribution in [2.45, 2.75) is 25.2 Å². The Bertz CT molecular complexity index is 908. The monoisotopic (exact) mass is 381 g/mol. The lowest BCUT2D eigenvalue weighted by Crippen LogP contribution is -2.42. The molecule has 2 aromatic rings. The molecule has 5 nitrogen and oxygen atoms in total. The molecule has 0 amide bonds. The Morgan fingerprint density at radius 2 is 1.96 bits per heavy atom. The van der Waals surface area contributed by atoms with Crippen LogP contribution in [0.1, 0.15) is 36.2 Å². The Labute approximate surface area is 164 Å². The number of carbonyl (C=O) groups excluding carboxylic acids is 1. The van der Waals surface area contributed by atoms with Gasteiger partial charge in [-0.25, -0.2) is 4.79 Å². The highest BCUT2D eigenvalue weighted by Gasteiger charge is 2.29. The predicted molar refractivity (Wildman–Crippen MR) is 111 cm³/mol. The van der Waals surface area contributed by atoms with Gasteiger partial charge in [-0.15, -0.1) is 0 Å². The van der Waals surface area contributed by atoms with Crippen LogP contribution in [0.2, 0.25) is 0 Å². The summed E-state index contributed by atoms with van der Waals surface area (Å²) in [6.45, 7) is 5.67. The molecule has 0 fully saturated rings. The summed E-state index contributed by atoms with van der Waals surface area (Å²) in [6, 6.07) is 13.6. The molecule has 0 spiro atoms.